The molecule has 1 spiro atoms. The van der Waals surface area contributed by atoms with Gasteiger partial charge < -0.3 is 19.3 Å². The van der Waals surface area contributed by atoms with Gasteiger partial charge in [0.2, 0.25) is 5.76 Å². The van der Waals surface area contributed by atoms with Crippen molar-refractivity contribution < 1.29 is 19.1 Å². The highest BCUT2D eigenvalue weighted by Gasteiger charge is 2.64. The van der Waals surface area contributed by atoms with Gasteiger partial charge in [-0.25, -0.2) is 0 Å². The van der Waals surface area contributed by atoms with E-state index in [4.69, 9.17) is 4.42 Å². The smallest absolute Gasteiger partial charge is 0.291 e. The predicted octanol–water partition coefficient (Wildman–Crippen LogP) is 1.85. The number of carbonyl (C=O) groups excluding carboxylic acids is 2. The SMILES string of the molecule is CN1C(=O)[C@@]2(c3ccccc31)c1c(oc3ccccc3c1=O)C(=O)N2CCCO. The van der Waals surface area contributed by atoms with E-state index in [1.54, 1.807) is 55.6 Å². The first-order chi connectivity index (χ1) is 14.0. The lowest BCUT2D eigenvalue weighted by Gasteiger charge is -2.33. The number of hydrogen-bond donors (Lipinski definition) is 1. The highest BCUT2D eigenvalue weighted by Crippen LogP contribution is 2.51. The van der Waals surface area contributed by atoms with Crippen molar-refractivity contribution in [1.29, 1.82) is 0 Å². The van der Waals surface area contributed by atoms with Gasteiger partial charge in [-0.15, -0.1) is 0 Å². The average Bonchev–Trinajstić information content (AvgIpc) is 3.12. The maximum atomic E-state index is 13.6. The first kappa shape index (κ1) is 17.6. The lowest BCUT2D eigenvalue weighted by Crippen LogP contribution is -2.53. The fourth-order valence-corrected chi connectivity index (χ4v) is 4.57. The first-order valence-corrected chi connectivity index (χ1v) is 9.40. The number of nitrogens with zero attached hydrogens (tertiary/aromatic N) is 2. The number of likely N-dealkylation sites (N-methyl/N-ethyl adjacent to an activating group) is 1. The van der Waals surface area contributed by atoms with Crippen LogP contribution in [0.1, 0.15) is 28.1 Å². The van der Waals surface area contributed by atoms with Crippen molar-refractivity contribution in [3.8, 4) is 0 Å². The second-order valence-corrected chi connectivity index (χ2v) is 7.26. The number of aliphatic hydroxyl groups is 1. The quantitative estimate of drug-likeness (QED) is 0.737. The van der Waals surface area contributed by atoms with Gasteiger partial charge in [0.25, 0.3) is 11.8 Å². The topological polar surface area (TPSA) is 91.1 Å². The number of fused-ring (bicyclic) bond motifs is 5. The number of para-hydroxylation sites is 2. The summed E-state index contributed by atoms with van der Waals surface area (Å²) in [7, 11) is 1.63. The van der Waals surface area contributed by atoms with Crippen LogP contribution < -0.4 is 10.3 Å². The number of hydrogen-bond acceptors (Lipinski definition) is 5. The Kier molecular flexibility index (Phi) is 3.66. The molecular formula is C22H18N2O5. The molecule has 1 aromatic heterocycles. The normalized spacial score (nSPS) is 20.1. The second kappa shape index (κ2) is 6.02. The number of anilines is 1. The molecule has 3 aromatic rings. The number of aliphatic hydroxyl groups excluding tert-OH is 1. The lowest BCUT2D eigenvalue weighted by molar-refractivity contribution is -0.125. The molecule has 0 aliphatic carbocycles. The van der Waals surface area contributed by atoms with Crippen LogP contribution >= 0.6 is 0 Å². The average molecular weight is 390 g/mol. The van der Waals surface area contributed by atoms with Crippen molar-refractivity contribution in [2.24, 2.45) is 0 Å². The first-order valence-electron chi connectivity index (χ1n) is 9.40. The van der Waals surface area contributed by atoms with Crippen molar-refractivity contribution in [1.82, 2.24) is 4.90 Å². The monoisotopic (exact) mass is 390 g/mol. The van der Waals surface area contributed by atoms with E-state index in [9.17, 15) is 19.5 Å². The Hall–Kier alpha value is -3.45. The molecule has 0 fully saturated rings. The molecule has 7 nitrogen and oxygen atoms in total. The minimum Gasteiger partial charge on any atom is -0.450 e. The van der Waals surface area contributed by atoms with Gasteiger partial charge in [-0.2, -0.15) is 0 Å². The summed E-state index contributed by atoms with van der Waals surface area (Å²) in [5.74, 6) is -1.01. The number of amides is 2. The van der Waals surface area contributed by atoms with Crippen LogP contribution in [0.3, 0.4) is 0 Å². The zero-order valence-corrected chi connectivity index (χ0v) is 15.7. The van der Waals surface area contributed by atoms with Gasteiger partial charge in [0.05, 0.1) is 10.9 Å². The van der Waals surface area contributed by atoms with Crippen LogP contribution in [0.4, 0.5) is 5.69 Å². The summed E-state index contributed by atoms with van der Waals surface area (Å²) in [6, 6.07) is 13.8. The molecule has 7 heteroatoms. The van der Waals surface area contributed by atoms with E-state index in [-0.39, 0.29) is 42.2 Å². The third-order valence-electron chi connectivity index (χ3n) is 5.81. The molecule has 0 radical (unpaired) electrons. The predicted molar refractivity (Wildman–Crippen MR) is 106 cm³/mol. The summed E-state index contributed by atoms with van der Waals surface area (Å²) in [4.78, 5) is 43.4. The Balaban J connectivity index is 1.93. The van der Waals surface area contributed by atoms with Crippen LogP contribution in [0.25, 0.3) is 11.0 Å². The summed E-state index contributed by atoms with van der Waals surface area (Å²) in [5, 5.41) is 9.69. The van der Waals surface area contributed by atoms with E-state index in [0.717, 1.165) is 0 Å². The fourth-order valence-electron chi connectivity index (χ4n) is 4.57. The van der Waals surface area contributed by atoms with Crippen molar-refractivity contribution >= 4 is 28.5 Å². The Morgan fingerprint density at radius 3 is 2.55 bits per heavy atom. The molecule has 5 rings (SSSR count). The highest BCUT2D eigenvalue weighted by atomic mass is 16.3. The van der Waals surface area contributed by atoms with E-state index in [0.29, 0.717) is 22.2 Å². The minimum absolute atomic E-state index is 0.0564. The third kappa shape index (κ3) is 2.02. The molecule has 0 saturated carbocycles. The lowest BCUT2D eigenvalue weighted by atomic mass is 9.84. The van der Waals surface area contributed by atoms with Gasteiger partial charge in [-0.1, -0.05) is 30.3 Å². The van der Waals surface area contributed by atoms with Gasteiger partial charge in [0, 0.05) is 31.5 Å². The molecule has 2 aromatic carbocycles. The molecule has 1 atom stereocenters. The van der Waals surface area contributed by atoms with Gasteiger partial charge >= 0.3 is 0 Å². The highest BCUT2D eigenvalue weighted by molar-refractivity contribution is 6.16. The van der Waals surface area contributed by atoms with Crippen LogP contribution in [-0.4, -0.2) is 42.0 Å². The Morgan fingerprint density at radius 2 is 1.76 bits per heavy atom. The number of carbonyl (C=O) groups is 2. The molecule has 2 aliphatic rings. The van der Waals surface area contributed by atoms with E-state index in [2.05, 4.69) is 0 Å². The van der Waals surface area contributed by atoms with E-state index in [1.165, 1.54) is 9.80 Å². The van der Waals surface area contributed by atoms with Crippen LogP contribution in [-0.2, 0) is 10.3 Å². The second-order valence-electron chi connectivity index (χ2n) is 7.26. The molecular weight excluding hydrogens is 372 g/mol. The van der Waals surface area contributed by atoms with Gasteiger partial charge in [0.15, 0.2) is 11.0 Å². The van der Waals surface area contributed by atoms with E-state index in [1.807, 2.05) is 0 Å². The molecule has 1 N–H and O–H groups in total. The van der Waals surface area contributed by atoms with E-state index < -0.39 is 11.4 Å². The standard InChI is InChI=1S/C22H18N2O5/c1-23-15-9-4-3-8-14(15)22(21(23)28)17-18(26)13-7-2-5-10-16(13)29-19(17)20(27)24(22)11-6-12-25/h2-5,7-10,25H,6,11-12H2,1H3/t22-/m1/s1. The van der Waals surface area contributed by atoms with Crippen molar-refractivity contribution in [3.05, 3.63) is 75.6 Å². The summed E-state index contributed by atoms with van der Waals surface area (Å²) in [6.45, 7) is -0.0333. The maximum Gasteiger partial charge on any atom is 0.291 e. The molecule has 3 heterocycles. The summed E-state index contributed by atoms with van der Waals surface area (Å²) >= 11 is 0. The van der Waals surface area contributed by atoms with Crippen molar-refractivity contribution in [2.45, 2.75) is 12.0 Å². The molecule has 0 bridgehead atoms. The zero-order valence-electron chi connectivity index (χ0n) is 15.7. The Labute approximate surface area is 165 Å². The zero-order chi connectivity index (χ0) is 20.3. The molecule has 0 saturated heterocycles. The minimum atomic E-state index is -1.59. The van der Waals surface area contributed by atoms with Crippen molar-refractivity contribution in [3.63, 3.8) is 0 Å². The van der Waals surface area contributed by atoms with Crippen molar-refractivity contribution in [2.75, 3.05) is 25.1 Å². The van der Waals surface area contributed by atoms with Gasteiger partial charge in [-0.05, 0) is 24.6 Å². The van der Waals surface area contributed by atoms with Crippen LogP contribution in [0.2, 0.25) is 0 Å². The largest absolute Gasteiger partial charge is 0.450 e. The molecule has 2 amide bonds. The number of rotatable bonds is 3. The summed E-state index contributed by atoms with van der Waals surface area (Å²) in [6.07, 6.45) is 0.272. The van der Waals surface area contributed by atoms with Crippen LogP contribution in [0, 0.1) is 0 Å². The maximum absolute atomic E-state index is 13.6. The molecule has 0 unspecified atom stereocenters. The molecule has 29 heavy (non-hydrogen) atoms. The fraction of sp³-hybridized carbons (Fsp3) is 0.227. The molecule has 146 valence electrons. The van der Waals surface area contributed by atoms with E-state index >= 15 is 0 Å². The summed E-state index contributed by atoms with van der Waals surface area (Å²) in [5.41, 5.74) is -0.408. The van der Waals surface area contributed by atoms with Crippen LogP contribution in [0.5, 0.6) is 0 Å². The molecule has 2 aliphatic heterocycles. The Bertz CT molecular complexity index is 1250. The summed E-state index contributed by atoms with van der Waals surface area (Å²) < 4.78 is 5.87. The van der Waals surface area contributed by atoms with Gasteiger partial charge in [0.1, 0.15) is 5.58 Å². The van der Waals surface area contributed by atoms with Crippen LogP contribution in [0.15, 0.2) is 57.7 Å². The Morgan fingerprint density at radius 1 is 1.03 bits per heavy atom. The number of benzene rings is 2. The van der Waals surface area contributed by atoms with Gasteiger partial charge in [-0.3, -0.25) is 14.4 Å². The third-order valence-corrected chi connectivity index (χ3v) is 5.81.